The molecule has 1 saturated heterocycles. The van der Waals surface area contributed by atoms with Crippen molar-refractivity contribution in [2.45, 2.75) is 38.8 Å². The van der Waals surface area contributed by atoms with Crippen LogP contribution in [0.15, 0.2) is 34.9 Å². The average molecular weight is 331 g/mol. The summed E-state index contributed by atoms with van der Waals surface area (Å²) in [5.41, 5.74) is -0.995. The highest BCUT2D eigenvalue weighted by Gasteiger charge is 2.43. The van der Waals surface area contributed by atoms with Gasteiger partial charge in [0.15, 0.2) is 0 Å². The third kappa shape index (κ3) is 3.47. The van der Waals surface area contributed by atoms with Crippen molar-refractivity contribution >= 4 is 5.91 Å². The van der Waals surface area contributed by atoms with Crippen molar-refractivity contribution in [2.24, 2.45) is 5.92 Å². The lowest BCUT2D eigenvalue weighted by Gasteiger charge is -2.35. The van der Waals surface area contributed by atoms with Gasteiger partial charge >= 0.3 is 0 Å². The molecule has 2 heterocycles. The molecule has 1 aliphatic rings. The van der Waals surface area contributed by atoms with Crippen LogP contribution in [0, 0.1) is 5.92 Å². The SMILES string of the molecule is CC(C)CC(=O)N1CCCC(F)(c2nc(-c3ccccc3)no2)C1. The number of nitrogens with zero attached hydrogens (tertiary/aromatic N) is 3. The van der Waals surface area contributed by atoms with Gasteiger partial charge in [-0.1, -0.05) is 49.3 Å². The number of alkyl halides is 1. The number of carbonyl (C=O) groups excluding carboxylic acids is 1. The van der Waals surface area contributed by atoms with Gasteiger partial charge < -0.3 is 9.42 Å². The van der Waals surface area contributed by atoms with Crippen molar-refractivity contribution in [3.8, 4) is 11.4 Å². The smallest absolute Gasteiger partial charge is 0.266 e. The molecule has 1 unspecified atom stereocenters. The molecule has 0 radical (unpaired) electrons. The van der Waals surface area contributed by atoms with E-state index in [1.54, 1.807) is 4.90 Å². The van der Waals surface area contributed by atoms with Crippen LogP contribution in [0.3, 0.4) is 0 Å². The molecule has 0 bridgehead atoms. The molecule has 0 spiro atoms. The van der Waals surface area contributed by atoms with Crippen LogP contribution in [0.2, 0.25) is 0 Å². The van der Waals surface area contributed by atoms with E-state index in [4.69, 9.17) is 4.52 Å². The van der Waals surface area contributed by atoms with Crippen LogP contribution in [0.5, 0.6) is 0 Å². The number of benzene rings is 1. The molecule has 1 amide bonds. The number of halogens is 1. The third-order valence-corrected chi connectivity index (χ3v) is 4.22. The summed E-state index contributed by atoms with van der Waals surface area (Å²) in [6.07, 6.45) is 1.30. The largest absolute Gasteiger partial charge is 0.339 e. The van der Waals surface area contributed by atoms with Crippen molar-refractivity contribution in [1.82, 2.24) is 15.0 Å². The van der Waals surface area contributed by atoms with Gasteiger partial charge in [0.25, 0.3) is 5.89 Å². The topological polar surface area (TPSA) is 59.2 Å². The predicted molar refractivity (Wildman–Crippen MR) is 87.8 cm³/mol. The molecule has 1 aromatic heterocycles. The second-order valence-corrected chi connectivity index (χ2v) is 6.77. The Bertz CT molecular complexity index is 701. The van der Waals surface area contributed by atoms with E-state index in [0.717, 1.165) is 5.56 Å². The Morgan fingerprint density at radius 3 is 2.83 bits per heavy atom. The monoisotopic (exact) mass is 331 g/mol. The normalized spacial score (nSPS) is 21.2. The standard InChI is InChI=1S/C18H22FN3O2/c1-13(2)11-15(23)22-10-6-9-18(19,12-22)17-20-16(21-24-17)14-7-4-3-5-8-14/h3-5,7-8,13H,6,9-12H2,1-2H3. The van der Waals surface area contributed by atoms with E-state index >= 15 is 4.39 Å². The summed E-state index contributed by atoms with van der Waals surface area (Å²) in [5.74, 6) is 0.563. The number of likely N-dealkylation sites (tertiary alicyclic amines) is 1. The maximum atomic E-state index is 15.4. The molecule has 0 aliphatic carbocycles. The number of amides is 1. The van der Waals surface area contributed by atoms with Gasteiger partial charge in [-0.05, 0) is 18.8 Å². The van der Waals surface area contributed by atoms with E-state index in [2.05, 4.69) is 10.1 Å². The Morgan fingerprint density at radius 2 is 2.12 bits per heavy atom. The lowest BCUT2D eigenvalue weighted by Crippen LogP contribution is -2.46. The number of piperidine rings is 1. The van der Waals surface area contributed by atoms with Crippen LogP contribution in [-0.2, 0) is 10.5 Å². The first kappa shape index (κ1) is 16.6. The van der Waals surface area contributed by atoms with E-state index in [1.807, 2.05) is 44.2 Å². The fraction of sp³-hybridized carbons (Fsp3) is 0.500. The van der Waals surface area contributed by atoms with Gasteiger partial charge in [0.2, 0.25) is 17.4 Å². The highest BCUT2D eigenvalue weighted by molar-refractivity contribution is 5.76. The molecule has 128 valence electrons. The quantitative estimate of drug-likeness (QED) is 0.859. The van der Waals surface area contributed by atoms with E-state index in [-0.39, 0.29) is 30.7 Å². The molecule has 5 nitrogen and oxygen atoms in total. The Morgan fingerprint density at radius 1 is 1.38 bits per heavy atom. The number of hydrogen-bond acceptors (Lipinski definition) is 4. The summed E-state index contributed by atoms with van der Waals surface area (Å²) in [7, 11) is 0. The average Bonchev–Trinajstić information content (AvgIpc) is 3.06. The number of carbonyl (C=O) groups is 1. The van der Waals surface area contributed by atoms with Gasteiger partial charge in [0.1, 0.15) is 0 Å². The molecule has 2 aromatic rings. The van der Waals surface area contributed by atoms with Gasteiger partial charge in [0.05, 0.1) is 6.54 Å². The lowest BCUT2D eigenvalue weighted by molar-refractivity contribution is -0.137. The molecule has 1 fully saturated rings. The Balaban J connectivity index is 1.78. The van der Waals surface area contributed by atoms with Crippen LogP contribution in [0.25, 0.3) is 11.4 Å². The van der Waals surface area contributed by atoms with Crippen LogP contribution < -0.4 is 0 Å². The van der Waals surface area contributed by atoms with Crippen molar-refractivity contribution < 1.29 is 13.7 Å². The Kier molecular flexibility index (Phi) is 4.64. The minimum Gasteiger partial charge on any atom is -0.339 e. The molecule has 1 aromatic carbocycles. The molecular formula is C18H22FN3O2. The van der Waals surface area contributed by atoms with Crippen molar-refractivity contribution in [1.29, 1.82) is 0 Å². The van der Waals surface area contributed by atoms with Gasteiger partial charge in [0, 0.05) is 18.5 Å². The van der Waals surface area contributed by atoms with Gasteiger partial charge in [-0.25, -0.2) is 4.39 Å². The summed E-state index contributed by atoms with van der Waals surface area (Å²) < 4.78 is 20.6. The summed E-state index contributed by atoms with van der Waals surface area (Å²) in [4.78, 5) is 18.1. The zero-order valence-corrected chi connectivity index (χ0v) is 14.0. The number of hydrogen-bond donors (Lipinski definition) is 0. The molecule has 24 heavy (non-hydrogen) atoms. The van der Waals surface area contributed by atoms with E-state index in [1.165, 1.54) is 0 Å². The predicted octanol–water partition coefficient (Wildman–Crippen LogP) is 3.57. The lowest BCUT2D eigenvalue weighted by atomic mass is 9.94. The van der Waals surface area contributed by atoms with E-state index in [0.29, 0.717) is 25.2 Å². The third-order valence-electron chi connectivity index (χ3n) is 4.22. The first-order valence-corrected chi connectivity index (χ1v) is 8.34. The Hall–Kier alpha value is -2.24. The first-order valence-electron chi connectivity index (χ1n) is 8.34. The van der Waals surface area contributed by atoms with Gasteiger partial charge in [-0.3, -0.25) is 4.79 Å². The first-order chi connectivity index (χ1) is 11.5. The second-order valence-electron chi connectivity index (χ2n) is 6.77. The van der Waals surface area contributed by atoms with Crippen molar-refractivity contribution in [3.63, 3.8) is 0 Å². The summed E-state index contributed by atoms with van der Waals surface area (Å²) in [5, 5.41) is 3.90. The van der Waals surface area contributed by atoms with Gasteiger partial charge in [-0.2, -0.15) is 4.98 Å². The zero-order chi connectivity index (χ0) is 17.2. The van der Waals surface area contributed by atoms with Crippen LogP contribution in [0.4, 0.5) is 4.39 Å². The van der Waals surface area contributed by atoms with E-state index in [9.17, 15) is 4.79 Å². The van der Waals surface area contributed by atoms with Crippen molar-refractivity contribution in [3.05, 3.63) is 36.2 Å². The second kappa shape index (κ2) is 6.71. The summed E-state index contributed by atoms with van der Waals surface area (Å²) >= 11 is 0. The summed E-state index contributed by atoms with van der Waals surface area (Å²) in [6.45, 7) is 4.52. The minimum absolute atomic E-state index is 0.0189. The Labute approximate surface area is 140 Å². The van der Waals surface area contributed by atoms with Gasteiger partial charge in [-0.15, -0.1) is 0 Å². The fourth-order valence-electron chi connectivity index (χ4n) is 2.99. The molecule has 1 atom stereocenters. The molecular weight excluding hydrogens is 309 g/mol. The molecule has 0 N–H and O–H groups in total. The fourth-order valence-corrected chi connectivity index (χ4v) is 2.99. The van der Waals surface area contributed by atoms with Crippen LogP contribution in [0.1, 0.15) is 39.0 Å². The molecule has 6 heteroatoms. The molecule has 1 aliphatic heterocycles. The highest BCUT2D eigenvalue weighted by atomic mass is 19.1. The highest BCUT2D eigenvalue weighted by Crippen LogP contribution is 2.35. The van der Waals surface area contributed by atoms with E-state index < -0.39 is 5.67 Å². The maximum Gasteiger partial charge on any atom is 0.266 e. The molecule has 3 rings (SSSR count). The zero-order valence-electron chi connectivity index (χ0n) is 14.0. The minimum atomic E-state index is -1.77. The van der Waals surface area contributed by atoms with Crippen LogP contribution >= 0.6 is 0 Å². The van der Waals surface area contributed by atoms with Crippen LogP contribution in [-0.4, -0.2) is 34.0 Å². The van der Waals surface area contributed by atoms with Crippen molar-refractivity contribution in [2.75, 3.05) is 13.1 Å². The number of aromatic nitrogens is 2. The molecule has 0 saturated carbocycles. The maximum absolute atomic E-state index is 15.4. The summed E-state index contributed by atoms with van der Waals surface area (Å²) in [6, 6.07) is 9.31. The number of rotatable bonds is 4.